The Morgan fingerprint density at radius 2 is 1.95 bits per heavy atom. The van der Waals surface area contributed by atoms with Crippen LogP contribution in [0.25, 0.3) is 0 Å². The summed E-state index contributed by atoms with van der Waals surface area (Å²) in [6.45, 7) is 6.50. The van der Waals surface area contributed by atoms with Crippen molar-refractivity contribution in [1.82, 2.24) is 5.32 Å². The molecule has 0 saturated carbocycles. The highest BCUT2D eigenvalue weighted by molar-refractivity contribution is 5.77. The summed E-state index contributed by atoms with van der Waals surface area (Å²) in [5.74, 6) is 0.896. The van der Waals surface area contributed by atoms with Crippen LogP contribution in [-0.2, 0) is 4.79 Å². The van der Waals surface area contributed by atoms with Crippen molar-refractivity contribution >= 4 is 5.91 Å². The molecule has 1 aromatic carbocycles. The van der Waals surface area contributed by atoms with Crippen molar-refractivity contribution in [3.63, 3.8) is 0 Å². The molecule has 1 atom stereocenters. The maximum Gasteiger partial charge on any atom is 0.275 e. The molecule has 1 heterocycles. The number of nitrogens with two attached hydrogens (primary N) is 1. The molecule has 2 rings (SSSR count). The van der Waals surface area contributed by atoms with E-state index in [1.54, 1.807) is 6.26 Å². The molecule has 0 fully saturated rings. The van der Waals surface area contributed by atoms with Crippen molar-refractivity contribution in [2.24, 2.45) is 0 Å². The van der Waals surface area contributed by atoms with E-state index in [0.29, 0.717) is 6.54 Å². The number of amides is 1. The Morgan fingerprint density at radius 3 is 2.55 bits per heavy atom. The second kappa shape index (κ2) is 7.27. The summed E-state index contributed by atoms with van der Waals surface area (Å²) in [5.41, 5.74) is 0.956. The van der Waals surface area contributed by atoms with Gasteiger partial charge in [-0.05, 0) is 32.4 Å². The lowest BCUT2D eigenvalue weighted by atomic mass is 10.0. The number of nitrogens with one attached hydrogen (secondary N) is 1. The predicted octanol–water partition coefficient (Wildman–Crippen LogP) is 2.24. The lowest BCUT2D eigenvalue weighted by Gasteiger charge is -2.24. The highest BCUT2D eigenvalue weighted by Gasteiger charge is 2.23. The minimum absolute atomic E-state index is 0.00770. The molecule has 0 spiro atoms. The van der Waals surface area contributed by atoms with Gasteiger partial charge in [-0.2, -0.15) is 0 Å². The summed E-state index contributed by atoms with van der Waals surface area (Å²) < 4.78 is 5.54. The molecule has 0 radical (unpaired) electrons. The van der Waals surface area contributed by atoms with Crippen molar-refractivity contribution in [3.8, 4) is 0 Å². The van der Waals surface area contributed by atoms with E-state index < -0.39 is 0 Å². The lowest BCUT2D eigenvalue weighted by Crippen LogP contribution is -2.88. The van der Waals surface area contributed by atoms with Crippen LogP contribution in [0.15, 0.2) is 53.1 Å². The third kappa shape index (κ3) is 4.46. The Hall–Kier alpha value is -2.07. The Kier molecular flexibility index (Phi) is 5.39. The van der Waals surface area contributed by atoms with Gasteiger partial charge in [0, 0.05) is 11.1 Å². The quantitative estimate of drug-likeness (QED) is 0.824. The number of carbonyl (C=O) groups excluding carboxylic acids is 1. The normalized spacial score (nSPS) is 12.9. The van der Waals surface area contributed by atoms with Crippen molar-refractivity contribution in [2.45, 2.75) is 38.8 Å². The SMILES string of the molecule is CCC(C)(C)NC(=O)C[NH2+][C@@H](c1ccccc1)c1ccco1. The van der Waals surface area contributed by atoms with E-state index >= 15 is 0 Å². The maximum atomic E-state index is 12.1. The van der Waals surface area contributed by atoms with Crippen molar-refractivity contribution in [2.75, 3.05) is 6.54 Å². The number of quaternary nitrogens is 1. The van der Waals surface area contributed by atoms with E-state index in [1.807, 2.05) is 49.5 Å². The van der Waals surface area contributed by atoms with Crippen LogP contribution >= 0.6 is 0 Å². The number of rotatable bonds is 7. The molecule has 0 bridgehead atoms. The van der Waals surface area contributed by atoms with Gasteiger partial charge < -0.3 is 15.1 Å². The van der Waals surface area contributed by atoms with Gasteiger partial charge in [0.25, 0.3) is 5.91 Å². The molecule has 3 N–H and O–H groups in total. The monoisotopic (exact) mass is 301 g/mol. The summed E-state index contributed by atoms with van der Waals surface area (Å²) in [4.78, 5) is 12.1. The molecule has 0 unspecified atom stereocenters. The first kappa shape index (κ1) is 16.3. The Balaban J connectivity index is 2.04. The van der Waals surface area contributed by atoms with Gasteiger partial charge in [-0.25, -0.2) is 0 Å². The van der Waals surface area contributed by atoms with Gasteiger partial charge >= 0.3 is 0 Å². The number of furan rings is 1. The fourth-order valence-corrected chi connectivity index (χ4v) is 2.29. The third-order valence-electron chi connectivity index (χ3n) is 3.91. The predicted molar refractivity (Wildman–Crippen MR) is 86.3 cm³/mol. The molecule has 4 heteroatoms. The van der Waals surface area contributed by atoms with Crippen LogP contribution in [-0.4, -0.2) is 18.0 Å². The molecule has 4 nitrogen and oxygen atoms in total. The molecule has 0 aliphatic rings. The van der Waals surface area contributed by atoms with Gasteiger partial charge in [0.15, 0.2) is 18.3 Å². The van der Waals surface area contributed by atoms with E-state index in [1.165, 1.54) is 0 Å². The lowest BCUT2D eigenvalue weighted by molar-refractivity contribution is -0.678. The molecule has 0 saturated heterocycles. The molecule has 1 aromatic heterocycles. The van der Waals surface area contributed by atoms with Gasteiger partial charge in [0.2, 0.25) is 0 Å². The number of benzene rings is 1. The van der Waals surface area contributed by atoms with Crippen molar-refractivity contribution in [3.05, 3.63) is 60.1 Å². The summed E-state index contributed by atoms with van der Waals surface area (Å²) in [6, 6.07) is 13.9. The van der Waals surface area contributed by atoms with Crippen LogP contribution in [0, 0.1) is 0 Å². The average Bonchev–Trinajstić information content (AvgIpc) is 3.02. The molecule has 1 amide bonds. The topological polar surface area (TPSA) is 58.9 Å². The van der Waals surface area contributed by atoms with Crippen molar-refractivity contribution < 1.29 is 14.5 Å². The van der Waals surface area contributed by atoms with E-state index in [9.17, 15) is 4.79 Å². The van der Waals surface area contributed by atoms with Crippen LogP contribution in [0.5, 0.6) is 0 Å². The maximum absolute atomic E-state index is 12.1. The van der Waals surface area contributed by atoms with Gasteiger partial charge in [-0.3, -0.25) is 4.79 Å². The van der Waals surface area contributed by atoms with Crippen LogP contribution in [0.2, 0.25) is 0 Å². The zero-order chi connectivity index (χ0) is 16.0. The zero-order valence-electron chi connectivity index (χ0n) is 13.5. The summed E-state index contributed by atoms with van der Waals surface area (Å²) in [5, 5.41) is 5.07. The van der Waals surface area contributed by atoms with Gasteiger partial charge in [-0.15, -0.1) is 0 Å². The first-order valence-electron chi connectivity index (χ1n) is 7.74. The summed E-state index contributed by atoms with van der Waals surface area (Å²) in [7, 11) is 0. The first-order valence-corrected chi connectivity index (χ1v) is 7.74. The van der Waals surface area contributed by atoms with E-state index in [0.717, 1.165) is 17.7 Å². The fraction of sp³-hybridized carbons (Fsp3) is 0.389. The Labute approximate surface area is 131 Å². The van der Waals surface area contributed by atoms with Gasteiger partial charge in [0.1, 0.15) is 0 Å². The molecule has 0 aliphatic carbocycles. The number of hydrogen-bond donors (Lipinski definition) is 2. The van der Waals surface area contributed by atoms with E-state index in [4.69, 9.17) is 4.42 Å². The molecule has 2 aromatic rings. The second-order valence-corrected chi connectivity index (χ2v) is 6.13. The highest BCUT2D eigenvalue weighted by Crippen LogP contribution is 2.18. The minimum Gasteiger partial charge on any atom is -0.463 e. The third-order valence-corrected chi connectivity index (χ3v) is 3.91. The van der Waals surface area contributed by atoms with Crippen LogP contribution < -0.4 is 10.6 Å². The van der Waals surface area contributed by atoms with Crippen LogP contribution in [0.4, 0.5) is 0 Å². The average molecular weight is 301 g/mol. The number of carbonyl (C=O) groups is 1. The molecular formula is C18H25N2O2+. The van der Waals surface area contributed by atoms with Crippen LogP contribution in [0.1, 0.15) is 44.6 Å². The first-order chi connectivity index (χ1) is 10.5. The molecule has 22 heavy (non-hydrogen) atoms. The van der Waals surface area contributed by atoms with Gasteiger partial charge in [0.05, 0.1) is 6.26 Å². The standard InChI is InChI=1S/C18H24N2O2/c1-4-18(2,3)20-16(21)13-19-17(15-11-8-12-22-15)14-9-6-5-7-10-14/h5-12,17,19H,4,13H2,1-3H3,(H,20,21)/p+1/t17-/m0/s1. The largest absolute Gasteiger partial charge is 0.463 e. The fourth-order valence-electron chi connectivity index (χ4n) is 2.29. The molecule has 0 aliphatic heterocycles. The van der Waals surface area contributed by atoms with E-state index in [-0.39, 0.29) is 17.5 Å². The van der Waals surface area contributed by atoms with Crippen molar-refractivity contribution in [1.29, 1.82) is 0 Å². The molecular weight excluding hydrogens is 276 g/mol. The Bertz CT molecular complexity index is 576. The summed E-state index contributed by atoms with van der Waals surface area (Å²) >= 11 is 0. The second-order valence-electron chi connectivity index (χ2n) is 6.13. The zero-order valence-corrected chi connectivity index (χ0v) is 13.5. The molecule has 118 valence electrons. The van der Waals surface area contributed by atoms with Crippen LogP contribution in [0.3, 0.4) is 0 Å². The Morgan fingerprint density at radius 1 is 1.23 bits per heavy atom. The number of hydrogen-bond acceptors (Lipinski definition) is 2. The highest BCUT2D eigenvalue weighted by atomic mass is 16.3. The summed E-state index contributed by atoms with van der Waals surface area (Å²) in [6.07, 6.45) is 2.57. The minimum atomic E-state index is -0.169. The van der Waals surface area contributed by atoms with E-state index in [2.05, 4.69) is 24.4 Å². The van der Waals surface area contributed by atoms with Gasteiger partial charge in [-0.1, -0.05) is 37.3 Å². The smallest absolute Gasteiger partial charge is 0.275 e.